The zero-order chi connectivity index (χ0) is 20.3. The van der Waals surface area contributed by atoms with Gasteiger partial charge in [-0.1, -0.05) is 35.9 Å². The van der Waals surface area contributed by atoms with Crippen LogP contribution in [-0.4, -0.2) is 41.8 Å². The van der Waals surface area contributed by atoms with Crippen molar-refractivity contribution in [2.45, 2.75) is 25.3 Å². The van der Waals surface area contributed by atoms with Crippen LogP contribution in [0.5, 0.6) is 0 Å². The van der Waals surface area contributed by atoms with E-state index in [2.05, 4.69) is 5.10 Å². The Hall–Kier alpha value is -2.86. The van der Waals surface area contributed by atoms with Gasteiger partial charge in [0.15, 0.2) is 0 Å². The fourth-order valence-electron chi connectivity index (χ4n) is 3.14. The van der Waals surface area contributed by atoms with E-state index in [9.17, 15) is 9.59 Å². The molecule has 3 rings (SSSR count). The molecule has 0 radical (unpaired) electrons. The average molecular weight is 400 g/mol. The number of rotatable bonds is 6. The number of hydrogen-bond donors (Lipinski definition) is 1. The summed E-state index contributed by atoms with van der Waals surface area (Å²) in [6.07, 6.45) is 0.258. The molecule has 2 aromatic rings. The molecule has 1 atom stereocenters. The van der Waals surface area contributed by atoms with Crippen molar-refractivity contribution >= 4 is 34.9 Å². The van der Waals surface area contributed by atoms with Crippen LogP contribution < -0.4 is 4.90 Å². The number of carboxylic acid groups (broad SMARTS) is 1. The smallest absolute Gasteiger partial charge is 0.303 e. The maximum atomic E-state index is 12.7. The second kappa shape index (κ2) is 8.44. The number of halogens is 1. The van der Waals surface area contributed by atoms with Crippen molar-refractivity contribution in [1.29, 1.82) is 0 Å². The monoisotopic (exact) mass is 399 g/mol. The van der Waals surface area contributed by atoms with Crippen LogP contribution in [0.1, 0.15) is 36.4 Å². The molecule has 1 aliphatic heterocycles. The standard InChI is InChI=1S/C21H22ClN3O3/c1-24(2)17-9-5-15(6-10-17)19-13-18(14-3-7-16(22)8-4-14)23-25(19)20(26)11-12-21(27)28/h3-10,19H,11-13H2,1-2H3,(H,27,28). The highest BCUT2D eigenvalue weighted by Crippen LogP contribution is 2.34. The van der Waals surface area contributed by atoms with E-state index < -0.39 is 5.97 Å². The lowest BCUT2D eigenvalue weighted by Crippen LogP contribution is -2.27. The van der Waals surface area contributed by atoms with Gasteiger partial charge in [0, 0.05) is 37.6 Å². The van der Waals surface area contributed by atoms with Gasteiger partial charge in [-0.3, -0.25) is 9.59 Å². The molecule has 0 saturated carbocycles. The molecule has 0 aliphatic carbocycles. The minimum absolute atomic E-state index is 0.0843. The highest BCUT2D eigenvalue weighted by atomic mass is 35.5. The van der Waals surface area contributed by atoms with Gasteiger partial charge in [-0.15, -0.1) is 0 Å². The molecule has 0 spiro atoms. The summed E-state index contributed by atoms with van der Waals surface area (Å²) < 4.78 is 0. The molecule has 7 heteroatoms. The van der Waals surface area contributed by atoms with Crippen molar-refractivity contribution in [3.8, 4) is 0 Å². The Morgan fingerprint density at radius 1 is 1.11 bits per heavy atom. The quantitative estimate of drug-likeness (QED) is 0.798. The number of amides is 1. The number of carbonyl (C=O) groups excluding carboxylic acids is 1. The second-order valence-corrected chi connectivity index (χ2v) is 7.33. The number of nitrogens with zero attached hydrogens (tertiary/aromatic N) is 3. The molecular weight excluding hydrogens is 378 g/mol. The van der Waals surface area contributed by atoms with E-state index in [1.165, 1.54) is 5.01 Å². The van der Waals surface area contributed by atoms with E-state index in [-0.39, 0.29) is 24.8 Å². The van der Waals surface area contributed by atoms with Crippen LogP contribution in [0.15, 0.2) is 53.6 Å². The molecule has 6 nitrogen and oxygen atoms in total. The second-order valence-electron chi connectivity index (χ2n) is 6.89. The number of benzene rings is 2. The molecule has 1 aliphatic rings. The summed E-state index contributed by atoms with van der Waals surface area (Å²) in [7, 11) is 3.93. The van der Waals surface area contributed by atoms with Crippen LogP contribution in [0.2, 0.25) is 5.02 Å². The van der Waals surface area contributed by atoms with Gasteiger partial charge in [0.2, 0.25) is 5.91 Å². The summed E-state index contributed by atoms with van der Waals surface area (Å²) in [6, 6.07) is 15.0. The molecule has 1 N–H and O–H groups in total. The molecule has 146 valence electrons. The van der Waals surface area contributed by atoms with Crippen LogP contribution in [0.4, 0.5) is 5.69 Å². The summed E-state index contributed by atoms with van der Waals surface area (Å²) in [6.45, 7) is 0. The Balaban J connectivity index is 1.89. The first-order valence-electron chi connectivity index (χ1n) is 8.99. The SMILES string of the molecule is CN(C)c1ccc(C2CC(c3ccc(Cl)cc3)=NN2C(=O)CCC(=O)O)cc1. The van der Waals surface area contributed by atoms with Gasteiger partial charge in [-0.25, -0.2) is 5.01 Å². The van der Waals surface area contributed by atoms with Crippen LogP contribution in [0, 0.1) is 0 Å². The lowest BCUT2D eigenvalue weighted by atomic mass is 9.98. The van der Waals surface area contributed by atoms with Crippen molar-refractivity contribution < 1.29 is 14.7 Å². The van der Waals surface area contributed by atoms with Crippen molar-refractivity contribution in [2.24, 2.45) is 5.10 Å². The number of hydrazone groups is 1. The Morgan fingerprint density at radius 3 is 2.32 bits per heavy atom. The highest BCUT2D eigenvalue weighted by Gasteiger charge is 2.33. The van der Waals surface area contributed by atoms with E-state index in [0.29, 0.717) is 11.4 Å². The molecule has 0 saturated heterocycles. The van der Waals surface area contributed by atoms with E-state index in [1.54, 1.807) is 12.1 Å². The predicted molar refractivity (Wildman–Crippen MR) is 110 cm³/mol. The molecule has 0 fully saturated rings. The van der Waals surface area contributed by atoms with Crippen molar-refractivity contribution in [3.05, 3.63) is 64.7 Å². The van der Waals surface area contributed by atoms with Crippen LogP contribution in [-0.2, 0) is 9.59 Å². The third-order valence-electron chi connectivity index (χ3n) is 4.69. The van der Waals surface area contributed by atoms with Gasteiger partial charge in [0.1, 0.15) is 0 Å². The maximum absolute atomic E-state index is 12.7. The average Bonchev–Trinajstić information content (AvgIpc) is 3.12. The third-order valence-corrected chi connectivity index (χ3v) is 4.94. The van der Waals surface area contributed by atoms with Crippen LogP contribution in [0.25, 0.3) is 0 Å². The zero-order valence-electron chi connectivity index (χ0n) is 15.8. The fraction of sp³-hybridized carbons (Fsp3) is 0.286. The van der Waals surface area contributed by atoms with Gasteiger partial charge in [-0.05, 0) is 35.4 Å². The van der Waals surface area contributed by atoms with Gasteiger partial charge in [-0.2, -0.15) is 5.10 Å². The normalized spacial score (nSPS) is 16.0. The molecule has 1 unspecified atom stereocenters. The van der Waals surface area contributed by atoms with E-state index in [4.69, 9.17) is 16.7 Å². The van der Waals surface area contributed by atoms with Crippen molar-refractivity contribution in [2.75, 3.05) is 19.0 Å². The summed E-state index contributed by atoms with van der Waals surface area (Å²) in [5, 5.41) is 15.5. The Kier molecular flexibility index (Phi) is 5.99. The van der Waals surface area contributed by atoms with E-state index in [0.717, 1.165) is 22.5 Å². The molecule has 2 aromatic carbocycles. The first-order chi connectivity index (χ1) is 13.3. The number of carbonyl (C=O) groups is 2. The predicted octanol–water partition coefficient (Wildman–Crippen LogP) is 3.95. The minimum atomic E-state index is -0.999. The van der Waals surface area contributed by atoms with Crippen LogP contribution >= 0.6 is 11.6 Å². The van der Waals surface area contributed by atoms with Crippen molar-refractivity contribution in [1.82, 2.24) is 5.01 Å². The lowest BCUT2D eigenvalue weighted by Gasteiger charge is -2.22. The molecule has 1 amide bonds. The Morgan fingerprint density at radius 2 is 1.75 bits per heavy atom. The largest absolute Gasteiger partial charge is 0.481 e. The molecule has 28 heavy (non-hydrogen) atoms. The summed E-state index contributed by atoms with van der Waals surface area (Å²) in [5.41, 5.74) is 3.70. The molecular formula is C21H22ClN3O3. The maximum Gasteiger partial charge on any atom is 0.303 e. The summed E-state index contributed by atoms with van der Waals surface area (Å²) >= 11 is 5.97. The first-order valence-corrected chi connectivity index (χ1v) is 9.37. The zero-order valence-corrected chi connectivity index (χ0v) is 16.6. The molecule has 0 aromatic heterocycles. The van der Waals surface area contributed by atoms with Crippen molar-refractivity contribution in [3.63, 3.8) is 0 Å². The Bertz CT molecular complexity index is 892. The minimum Gasteiger partial charge on any atom is -0.481 e. The number of anilines is 1. The van der Waals surface area contributed by atoms with Gasteiger partial charge in [0.25, 0.3) is 0 Å². The summed E-state index contributed by atoms with van der Waals surface area (Å²) in [4.78, 5) is 25.5. The first kappa shape index (κ1) is 19.9. The van der Waals surface area contributed by atoms with Gasteiger partial charge in [0.05, 0.1) is 18.2 Å². The van der Waals surface area contributed by atoms with Gasteiger partial charge < -0.3 is 10.0 Å². The summed E-state index contributed by atoms with van der Waals surface area (Å²) in [5.74, 6) is -1.30. The number of aliphatic carboxylic acids is 1. The molecule has 0 bridgehead atoms. The fourth-order valence-corrected chi connectivity index (χ4v) is 3.27. The number of carboxylic acids is 1. The Labute approximate surface area is 169 Å². The molecule has 1 heterocycles. The lowest BCUT2D eigenvalue weighted by molar-refractivity contribution is -0.141. The van der Waals surface area contributed by atoms with E-state index >= 15 is 0 Å². The third kappa shape index (κ3) is 4.51. The highest BCUT2D eigenvalue weighted by molar-refractivity contribution is 6.30. The topological polar surface area (TPSA) is 73.2 Å². The van der Waals surface area contributed by atoms with Gasteiger partial charge >= 0.3 is 5.97 Å². The van der Waals surface area contributed by atoms with Crippen LogP contribution in [0.3, 0.4) is 0 Å². The number of hydrogen-bond acceptors (Lipinski definition) is 4. The van der Waals surface area contributed by atoms with E-state index in [1.807, 2.05) is 55.4 Å².